The van der Waals surface area contributed by atoms with E-state index in [1.54, 1.807) is 0 Å². The van der Waals surface area contributed by atoms with E-state index < -0.39 is 0 Å². The van der Waals surface area contributed by atoms with E-state index in [1.165, 1.54) is 5.56 Å². The van der Waals surface area contributed by atoms with Crippen molar-refractivity contribution in [1.29, 1.82) is 0 Å². The van der Waals surface area contributed by atoms with Gasteiger partial charge in [-0.3, -0.25) is 4.79 Å². The molecule has 1 aliphatic carbocycles. The van der Waals surface area contributed by atoms with E-state index in [9.17, 15) is 9.90 Å². The maximum atomic E-state index is 12.8. The van der Waals surface area contributed by atoms with Gasteiger partial charge in [-0.25, -0.2) is 0 Å². The maximum Gasteiger partial charge on any atom is 0.252 e. The Labute approximate surface area is 147 Å². The molecule has 0 saturated heterocycles. The van der Waals surface area contributed by atoms with Crippen LogP contribution < -0.4 is 10.1 Å². The van der Waals surface area contributed by atoms with Gasteiger partial charge in [0.15, 0.2) is 0 Å². The van der Waals surface area contributed by atoms with E-state index in [4.69, 9.17) is 4.74 Å². The van der Waals surface area contributed by atoms with Crippen LogP contribution in [0.3, 0.4) is 0 Å². The van der Waals surface area contributed by atoms with Crippen LogP contribution in [0.25, 0.3) is 0 Å². The monoisotopic (exact) mass is 337 g/mol. The second-order valence-corrected chi connectivity index (χ2v) is 7.12. The number of nitrogens with one attached hydrogen (secondary N) is 1. The molecule has 1 aliphatic heterocycles. The molecule has 2 aromatic rings. The van der Waals surface area contributed by atoms with Crippen molar-refractivity contribution in [3.8, 4) is 5.75 Å². The van der Waals surface area contributed by atoms with Crippen LogP contribution in [-0.2, 0) is 6.42 Å². The maximum absolute atomic E-state index is 12.8. The first-order valence-corrected chi connectivity index (χ1v) is 8.92. The lowest BCUT2D eigenvalue weighted by Gasteiger charge is -2.38. The molecule has 1 atom stereocenters. The number of amides is 1. The molecular weight excluding hydrogens is 314 g/mol. The summed E-state index contributed by atoms with van der Waals surface area (Å²) in [6.07, 6.45) is 2.12. The van der Waals surface area contributed by atoms with Crippen molar-refractivity contribution < 1.29 is 14.6 Å². The summed E-state index contributed by atoms with van der Waals surface area (Å²) in [5.74, 6) is 1.16. The van der Waals surface area contributed by atoms with Crippen LogP contribution in [0.2, 0.25) is 0 Å². The zero-order valence-corrected chi connectivity index (χ0v) is 14.4. The van der Waals surface area contributed by atoms with Crippen LogP contribution in [-0.4, -0.2) is 23.7 Å². The van der Waals surface area contributed by atoms with Crippen molar-refractivity contribution in [3.05, 3.63) is 64.7 Å². The zero-order chi connectivity index (χ0) is 17.4. The molecule has 0 spiro atoms. The van der Waals surface area contributed by atoms with Crippen LogP contribution in [0, 0.1) is 12.8 Å². The van der Waals surface area contributed by atoms with Gasteiger partial charge in [-0.1, -0.05) is 24.3 Å². The van der Waals surface area contributed by atoms with Gasteiger partial charge in [-0.2, -0.15) is 0 Å². The Balaban J connectivity index is 1.61. The van der Waals surface area contributed by atoms with E-state index in [2.05, 4.69) is 11.4 Å². The van der Waals surface area contributed by atoms with Gasteiger partial charge in [-0.05, 0) is 60.6 Å². The highest BCUT2D eigenvalue weighted by molar-refractivity contribution is 5.95. The summed E-state index contributed by atoms with van der Waals surface area (Å²) in [7, 11) is 0. The topological polar surface area (TPSA) is 58.6 Å². The fraction of sp³-hybridized carbons (Fsp3) is 0.381. The standard InChI is InChI=1S/C21H23NO3/c1-13-4-2-3-5-18(13)21(24)22-20(16-11-17(23)12-16)15-6-7-19-14(10-15)8-9-25-19/h2-7,10,16-17,20,23H,8-9,11-12H2,1H3,(H,22,24)/t16?,17?,20-/m1/s1. The lowest BCUT2D eigenvalue weighted by molar-refractivity contribution is 0.0235. The van der Waals surface area contributed by atoms with E-state index in [0.29, 0.717) is 5.56 Å². The second kappa shape index (κ2) is 6.52. The normalized spacial score (nSPS) is 22.5. The fourth-order valence-corrected chi connectivity index (χ4v) is 3.82. The molecule has 1 saturated carbocycles. The third kappa shape index (κ3) is 3.14. The number of fused-ring (bicyclic) bond motifs is 1. The highest BCUT2D eigenvalue weighted by atomic mass is 16.5. The lowest BCUT2D eigenvalue weighted by atomic mass is 9.74. The molecule has 1 heterocycles. The van der Waals surface area contributed by atoms with Crippen molar-refractivity contribution in [2.45, 2.75) is 38.3 Å². The summed E-state index contributed by atoms with van der Waals surface area (Å²) < 4.78 is 5.59. The van der Waals surface area contributed by atoms with Crippen molar-refractivity contribution in [1.82, 2.24) is 5.32 Å². The van der Waals surface area contributed by atoms with Gasteiger partial charge in [-0.15, -0.1) is 0 Å². The fourth-order valence-electron chi connectivity index (χ4n) is 3.82. The van der Waals surface area contributed by atoms with E-state index in [-0.39, 0.29) is 24.0 Å². The third-order valence-corrected chi connectivity index (χ3v) is 5.37. The van der Waals surface area contributed by atoms with E-state index in [0.717, 1.165) is 42.7 Å². The number of aryl methyl sites for hydroxylation is 1. The predicted octanol–water partition coefficient (Wildman–Crippen LogP) is 3.17. The summed E-state index contributed by atoms with van der Waals surface area (Å²) in [6.45, 7) is 2.67. The molecule has 130 valence electrons. The van der Waals surface area contributed by atoms with Crippen LogP contribution >= 0.6 is 0 Å². The molecule has 2 aliphatic rings. The van der Waals surface area contributed by atoms with Crippen LogP contribution in [0.15, 0.2) is 42.5 Å². The first-order chi connectivity index (χ1) is 12.1. The van der Waals surface area contributed by atoms with Gasteiger partial charge in [0, 0.05) is 12.0 Å². The number of ether oxygens (including phenoxy) is 1. The molecule has 0 radical (unpaired) electrons. The molecule has 4 rings (SSSR count). The van der Waals surface area contributed by atoms with E-state index in [1.807, 2.05) is 43.3 Å². The third-order valence-electron chi connectivity index (χ3n) is 5.37. The highest BCUT2D eigenvalue weighted by Gasteiger charge is 2.36. The Bertz CT molecular complexity index is 795. The molecule has 2 aromatic carbocycles. The number of rotatable bonds is 4. The van der Waals surface area contributed by atoms with Crippen molar-refractivity contribution in [2.75, 3.05) is 6.61 Å². The molecule has 25 heavy (non-hydrogen) atoms. The molecule has 4 heteroatoms. The van der Waals surface area contributed by atoms with Gasteiger partial charge >= 0.3 is 0 Å². The van der Waals surface area contributed by atoms with Gasteiger partial charge < -0.3 is 15.2 Å². The second-order valence-electron chi connectivity index (χ2n) is 7.12. The number of aliphatic hydroxyl groups is 1. The zero-order valence-electron chi connectivity index (χ0n) is 14.4. The van der Waals surface area contributed by atoms with Gasteiger partial charge in [0.2, 0.25) is 0 Å². The number of benzene rings is 2. The summed E-state index contributed by atoms with van der Waals surface area (Å²) in [5.41, 5.74) is 3.97. The minimum Gasteiger partial charge on any atom is -0.493 e. The minimum atomic E-state index is -0.249. The number of carbonyl (C=O) groups excluding carboxylic acids is 1. The summed E-state index contributed by atoms with van der Waals surface area (Å²) in [5, 5.41) is 12.9. The molecule has 4 nitrogen and oxygen atoms in total. The summed E-state index contributed by atoms with van der Waals surface area (Å²) >= 11 is 0. The molecule has 2 N–H and O–H groups in total. The largest absolute Gasteiger partial charge is 0.493 e. The molecule has 0 bridgehead atoms. The number of hydrogen-bond acceptors (Lipinski definition) is 3. The minimum absolute atomic E-state index is 0.0544. The summed E-state index contributed by atoms with van der Waals surface area (Å²) in [6, 6.07) is 13.7. The first-order valence-electron chi connectivity index (χ1n) is 8.92. The summed E-state index contributed by atoms with van der Waals surface area (Å²) in [4.78, 5) is 12.8. The molecule has 1 amide bonds. The van der Waals surface area contributed by atoms with E-state index >= 15 is 0 Å². The molecule has 1 fully saturated rings. The van der Waals surface area contributed by atoms with Gasteiger partial charge in [0.1, 0.15) is 5.75 Å². The number of carbonyl (C=O) groups is 1. The van der Waals surface area contributed by atoms with Crippen molar-refractivity contribution >= 4 is 5.91 Å². The average molecular weight is 337 g/mol. The average Bonchev–Trinajstić information content (AvgIpc) is 3.05. The Kier molecular flexibility index (Phi) is 4.22. The van der Waals surface area contributed by atoms with Crippen LogP contribution in [0.5, 0.6) is 5.75 Å². The van der Waals surface area contributed by atoms with Crippen molar-refractivity contribution in [3.63, 3.8) is 0 Å². The van der Waals surface area contributed by atoms with Crippen LogP contribution in [0.1, 0.15) is 45.9 Å². The Morgan fingerprint density at radius 3 is 2.80 bits per heavy atom. The Hall–Kier alpha value is -2.33. The van der Waals surface area contributed by atoms with Gasteiger partial charge in [0.05, 0.1) is 18.8 Å². The predicted molar refractivity (Wildman–Crippen MR) is 95.8 cm³/mol. The Morgan fingerprint density at radius 2 is 2.04 bits per heavy atom. The number of aliphatic hydroxyl groups excluding tert-OH is 1. The molecular formula is C21H23NO3. The van der Waals surface area contributed by atoms with Crippen LogP contribution in [0.4, 0.5) is 0 Å². The smallest absolute Gasteiger partial charge is 0.252 e. The molecule has 0 aromatic heterocycles. The first kappa shape index (κ1) is 16.2. The Morgan fingerprint density at radius 1 is 1.24 bits per heavy atom. The van der Waals surface area contributed by atoms with Gasteiger partial charge in [0.25, 0.3) is 5.91 Å². The SMILES string of the molecule is Cc1ccccc1C(=O)N[C@H](c1ccc2c(c1)CCO2)C1CC(O)C1. The lowest BCUT2D eigenvalue weighted by Crippen LogP contribution is -2.41. The highest BCUT2D eigenvalue weighted by Crippen LogP contribution is 2.40. The van der Waals surface area contributed by atoms with Crippen molar-refractivity contribution in [2.24, 2.45) is 5.92 Å². The number of hydrogen-bond donors (Lipinski definition) is 2. The molecule has 0 unspecified atom stereocenters. The quantitative estimate of drug-likeness (QED) is 0.901.